The van der Waals surface area contributed by atoms with Crippen LogP contribution in [0.1, 0.15) is 25.0 Å². The highest BCUT2D eigenvalue weighted by Gasteiger charge is 2.20. The maximum atomic E-state index is 5.40. The quantitative estimate of drug-likeness (QED) is 0.765. The number of hydrogen-bond acceptors (Lipinski definition) is 3. The Labute approximate surface area is 96.1 Å². The first-order valence-electron chi connectivity index (χ1n) is 5.45. The Hall–Kier alpha value is -1.51. The molecule has 0 saturated heterocycles. The standard InChI is InChI=1S/C13H17NO2/c1-8-5-10-6-11(15-3)7-12(16-4)13(10)9(2)14-8/h6-8H,5H2,1-4H3/t8-/m1/s1. The minimum Gasteiger partial charge on any atom is -0.497 e. The van der Waals surface area contributed by atoms with E-state index >= 15 is 0 Å². The van der Waals surface area contributed by atoms with Crippen molar-refractivity contribution < 1.29 is 9.47 Å². The number of hydrogen-bond donors (Lipinski definition) is 0. The van der Waals surface area contributed by atoms with E-state index in [1.165, 1.54) is 5.56 Å². The number of benzene rings is 1. The van der Waals surface area contributed by atoms with Gasteiger partial charge in [-0.05, 0) is 31.9 Å². The van der Waals surface area contributed by atoms with Gasteiger partial charge in [-0.15, -0.1) is 0 Å². The molecule has 2 rings (SSSR count). The monoisotopic (exact) mass is 219 g/mol. The van der Waals surface area contributed by atoms with E-state index in [2.05, 4.69) is 18.0 Å². The van der Waals surface area contributed by atoms with Gasteiger partial charge in [0.05, 0.1) is 20.3 Å². The van der Waals surface area contributed by atoms with Gasteiger partial charge in [0.1, 0.15) is 11.5 Å². The summed E-state index contributed by atoms with van der Waals surface area (Å²) in [6, 6.07) is 4.32. The van der Waals surface area contributed by atoms with Crippen LogP contribution < -0.4 is 9.47 Å². The minimum absolute atomic E-state index is 0.337. The van der Waals surface area contributed by atoms with Crippen LogP contribution >= 0.6 is 0 Å². The zero-order chi connectivity index (χ0) is 11.7. The van der Waals surface area contributed by atoms with Crippen LogP contribution in [0.15, 0.2) is 17.1 Å². The third-order valence-electron chi connectivity index (χ3n) is 2.90. The Balaban J connectivity index is 2.59. The van der Waals surface area contributed by atoms with Crippen molar-refractivity contribution in [2.24, 2.45) is 4.99 Å². The molecule has 0 radical (unpaired) electrons. The van der Waals surface area contributed by atoms with Crippen molar-refractivity contribution in [1.82, 2.24) is 0 Å². The van der Waals surface area contributed by atoms with Crippen LogP contribution in [-0.2, 0) is 6.42 Å². The van der Waals surface area contributed by atoms with Crippen molar-refractivity contribution in [3.8, 4) is 11.5 Å². The number of nitrogens with zero attached hydrogens (tertiary/aromatic N) is 1. The lowest BCUT2D eigenvalue weighted by Crippen LogP contribution is -2.17. The molecule has 0 spiro atoms. The molecule has 0 fully saturated rings. The SMILES string of the molecule is COc1cc2c(c(OC)c1)C(C)=N[C@H](C)C2. The second kappa shape index (κ2) is 4.16. The van der Waals surface area contributed by atoms with Crippen molar-refractivity contribution >= 4 is 5.71 Å². The predicted molar refractivity (Wildman–Crippen MR) is 64.9 cm³/mol. The van der Waals surface area contributed by atoms with Crippen LogP contribution in [0.5, 0.6) is 11.5 Å². The van der Waals surface area contributed by atoms with Gasteiger partial charge in [0.2, 0.25) is 0 Å². The second-order valence-electron chi connectivity index (χ2n) is 4.13. The van der Waals surface area contributed by atoms with E-state index in [-0.39, 0.29) is 0 Å². The Morgan fingerprint density at radius 1 is 1.25 bits per heavy atom. The summed E-state index contributed by atoms with van der Waals surface area (Å²) in [6.45, 7) is 4.15. The molecule has 0 N–H and O–H groups in total. The number of ether oxygens (including phenoxy) is 2. The lowest BCUT2D eigenvalue weighted by molar-refractivity contribution is 0.392. The van der Waals surface area contributed by atoms with Gasteiger partial charge in [0.25, 0.3) is 0 Å². The molecule has 0 unspecified atom stereocenters. The molecule has 1 aliphatic rings. The normalized spacial score (nSPS) is 18.8. The van der Waals surface area contributed by atoms with Gasteiger partial charge >= 0.3 is 0 Å². The molecule has 1 atom stereocenters. The first kappa shape index (κ1) is 11.0. The van der Waals surface area contributed by atoms with Crippen LogP contribution in [0, 0.1) is 0 Å². The van der Waals surface area contributed by atoms with Gasteiger partial charge in [-0.1, -0.05) is 0 Å². The lowest BCUT2D eigenvalue weighted by atomic mass is 9.93. The third kappa shape index (κ3) is 1.77. The molecule has 3 nitrogen and oxygen atoms in total. The predicted octanol–water partition coefficient (Wildman–Crippen LogP) is 2.46. The molecule has 0 bridgehead atoms. The molecule has 0 aromatic heterocycles. The Kier molecular flexibility index (Phi) is 2.86. The number of rotatable bonds is 2. The fraction of sp³-hybridized carbons (Fsp3) is 0.462. The molecule has 16 heavy (non-hydrogen) atoms. The van der Waals surface area contributed by atoms with Gasteiger partial charge in [0.15, 0.2) is 0 Å². The molecular weight excluding hydrogens is 202 g/mol. The molecule has 1 aromatic rings. The topological polar surface area (TPSA) is 30.8 Å². The van der Waals surface area contributed by atoms with Crippen molar-refractivity contribution in [1.29, 1.82) is 0 Å². The fourth-order valence-corrected chi connectivity index (χ4v) is 2.25. The molecule has 1 heterocycles. The van der Waals surface area contributed by atoms with Gasteiger partial charge in [0, 0.05) is 17.3 Å². The number of fused-ring (bicyclic) bond motifs is 1. The van der Waals surface area contributed by atoms with Crippen molar-refractivity contribution in [3.63, 3.8) is 0 Å². The summed E-state index contributed by atoms with van der Waals surface area (Å²) in [7, 11) is 3.36. The number of methoxy groups -OCH3 is 2. The molecule has 1 aromatic carbocycles. The van der Waals surface area contributed by atoms with Crippen LogP contribution in [0.25, 0.3) is 0 Å². The Morgan fingerprint density at radius 3 is 2.62 bits per heavy atom. The summed E-state index contributed by atoms with van der Waals surface area (Å²) < 4.78 is 10.7. The molecule has 0 aliphatic carbocycles. The molecule has 0 amide bonds. The summed E-state index contributed by atoms with van der Waals surface area (Å²) in [5.41, 5.74) is 3.44. The average Bonchev–Trinajstić information content (AvgIpc) is 2.26. The maximum absolute atomic E-state index is 5.40. The summed E-state index contributed by atoms with van der Waals surface area (Å²) in [5, 5.41) is 0. The highest BCUT2D eigenvalue weighted by molar-refractivity contribution is 6.03. The van der Waals surface area contributed by atoms with E-state index in [9.17, 15) is 0 Å². The summed E-state index contributed by atoms with van der Waals surface area (Å²) in [5.74, 6) is 1.69. The van der Waals surface area contributed by atoms with E-state index in [0.717, 1.165) is 29.2 Å². The number of aliphatic imine (C=N–C) groups is 1. The summed E-state index contributed by atoms with van der Waals surface area (Å²) in [4.78, 5) is 4.58. The van der Waals surface area contributed by atoms with E-state index in [4.69, 9.17) is 9.47 Å². The lowest BCUT2D eigenvalue weighted by Gasteiger charge is -2.22. The largest absolute Gasteiger partial charge is 0.497 e. The van der Waals surface area contributed by atoms with Crippen molar-refractivity contribution in [2.45, 2.75) is 26.3 Å². The van der Waals surface area contributed by atoms with E-state index in [1.54, 1.807) is 14.2 Å². The van der Waals surface area contributed by atoms with Crippen LogP contribution in [0.4, 0.5) is 0 Å². The van der Waals surface area contributed by atoms with Gasteiger partial charge in [-0.2, -0.15) is 0 Å². The van der Waals surface area contributed by atoms with Crippen LogP contribution in [0.3, 0.4) is 0 Å². The molecule has 1 aliphatic heterocycles. The van der Waals surface area contributed by atoms with E-state index in [1.807, 2.05) is 13.0 Å². The second-order valence-corrected chi connectivity index (χ2v) is 4.13. The Bertz CT molecular complexity index is 438. The molecule has 86 valence electrons. The molecular formula is C13H17NO2. The van der Waals surface area contributed by atoms with Crippen LogP contribution in [-0.4, -0.2) is 26.0 Å². The van der Waals surface area contributed by atoms with Crippen molar-refractivity contribution in [2.75, 3.05) is 14.2 Å². The highest BCUT2D eigenvalue weighted by atomic mass is 16.5. The molecule has 3 heteroatoms. The fourth-order valence-electron chi connectivity index (χ4n) is 2.25. The zero-order valence-electron chi connectivity index (χ0n) is 10.2. The van der Waals surface area contributed by atoms with E-state index < -0.39 is 0 Å². The van der Waals surface area contributed by atoms with Crippen LogP contribution in [0.2, 0.25) is 0 Å². The third-order valence-corrected chi connectivity index (χ3v) is 2.90. The summed E-state index contributed by atoms with van der Waals surface area (Å²) in [6.07, 6.45) is 0.945. The zero-order valence-corrected chi connectivity index (χ0v) is 10.2. The van der Waals surface area contributed by atoms with E-state index in [0.29, 0.717) is 6.04 Å². The first-order chi connectivity index (χ1) is 7.65. The van der Waals surface area contributed by atoms with Crippen molar-refractivity contribution in [3.05, 3.63) is 23.3 Å². The minimum atomic E-state index is 0.337. The first-order valence-corrected chi connectivity index (χ1v) is 5.45. The molecule has 0 saturated carbocycles. The Morgan fingerprint density at radius 2 is 2.00 bits per heavy atom. The van der Waals surface area contributed by atoms with Gasteiger partial charge in [-0.25, -0.2) is 0 Å². The summed E-state index contributed by atoms with van der Waals surface area (Å²) >= 11 is 0. The average molecular weight is 219 g/mol. The van der Waals surface area contributed by atoms with Gasteiger partial charge < -0.3 is 9.47 Å². The highest BCUT2D eigenvalue weighted by Crippen LogP contribution is 2.32. The smallest absolute Gasteiger partial charge is 0.131 e. The van der Waals surface area contributed by atoms with Gasteiger partial charge in [-0.3, -0.25) is 4.99 Å². The maximum Gasteiger partial charge on any atom is 0.131 e.